The van der Waals surface area contributed by atoms with Crippen LogP contribution in [0.1, 0.15) is 6.42 Å². The van der Waals surface area contributed by atoms with Crippen molar-refractivity contribution < 1.29 is 32.6 Å². The monoisotopic (exact) mass is 651 g/mol. The van der Waals surface area contributed by atoms with Crippen LogP contribution in [-0.2, 0) is 22.7 Å². The summed E-state index contributed by atoms with van der Waals surface area (Å²) in [6, 6.07) is 23.3. The van der Waals surface area contributed by atoms with Crippen LogP contribution in [-0.4, -0.2) is 70.0 Å². The summed E-state index contributed by atoms with van der Waals surface area (Å²) in [5.74, 6) is -2.13. The molecule has 0 radical (unpaired) electrons. The van der Waals surface area contributed by atoms with Crippen molar-refractivity contribution in [3.63, 3.8) is 0 Å². The Kier molecular flexibility index (Phi) is 10.8. The molecule has 9 nitrogen and oxygen atoms in total. The fourth-order valence-corrected chi connectivity index (χ4v) is 5.23. The van der Waals surface area contributed by atoms with Crippen LogP contribution < -0.4 is 15.3 Å². The molecule has 4 aromatic rings. The molecule has 1 fully saturated rings. The molecular formula is C30H30Cl2F3N5O4. The molecule has 5 rings (SSSR count). The highest BCUT2D eigenvalue weighted by Gasteiger charge is 2.38. The number of aromatic nitrogens is 2. The lowest BCUT2D eigenvalue weighted by Gasteiger charge is -2.36. The van der Waals surface area contributed by atoms with Gasteiger partial charge in [0, 0.05) is 43.4 Å². The number of aryl methyl sites for hydroxylation is 1. The zero-order chi connectivity index (χ0) is 31.9. The predicted molar refractivity (Wildman–Crippen MR) is 161 cm³/mol. The Balaban J connectivity index is 0.000000566. The number of rotatable bonds is 8. The van der Waals surface area contributed by atoms with E-state index in [1.165, 1.54) is 5.69 Å². The summed E-state index contributed by atoms with van der Waals surface area (Å²) in [5, 5.41) is 17.0. The average Bonchev–Trinajstić information content (AvgIpc) is 3.26. The first-order valence-electron chi connectivity index (χ1n) is 13.6. The summed E-state index contributed by atoms with van der Waals surface area (Å²) < 4.78 is 41.3. The number of amides is 1. The summed E-state index contributed by atoms with van der Waals surface area (Å²) in [4.78, 5) is 26.3. The molecule has 2 N–H and O–H groups in total. The van der Waals surface area contributed by atoms with E-state index in [2.05, 4.69) is 17.0 Å². The van der Waals surface area contributed by atoms with Crippen LogP contribution in [0.4, 0.5) is 18.9 Å². The third kappa shape index (κ3) is 8.26. The number of benzene rings is 3. The number of nitrogens with zero attached hydrogens (tertiary/aromatic N) is 4. The molecule has 14 heteroatoms. The molecule has 1 amide bonds. The van der Waals surface area contributed by atoms with Crippen LogP contribution in [0.15, 0.2) is 72.8 Å². The minimum absolute atomic E-state index is 0.0369. The predicted octanol–water partition coefficient (Wildman–Crippen LogP) is 5.68. The van der Waals surface area contributed by atoms with Gasteiger partial charge in [-0.05, 0) is 48.9 Å². The third-order valence-electron chi connectivity index (χ3n) is 6.94. The Hall–Kier alpha value is -4.16. The second-order valence-electron chi connectivity index (χ2n) is 9.83. The van der Waals surface area contributed by atoms with Gasteiger partial charge in [0.25, 0.3) is 0 Å². The van der Waals surface area contributed by atoms with Crippen LogP contribution in [0.5, 0.6) is 5.75 Å². The molecule has 3 aromatic carbocycles. The number of alkyl halides is 3. The van der Waals surface area contributed by atoms with Crippen molar-refractivity contribution in [2.45, 2.75) is 25.7 Å². The number of carbonyl (C=O) groups is 2. The zero-order valence-corrected chi connectivity index (χ0v) is 24.9. The van der Waals surface area contributed by atoms with Crippen molar-refractivity contribution >= 4 is 51.8 Å². The number of carbonyl (C=O) groups excluding carboxylic acids is 1. The van der Waals surface area contributed by atoms with E-state index < -0.39 is 12.1 Å². The lowest BCUT2D eigenvalue weighted by Crippen LogP contribution is -2.50. The van der Waals surface area contributed by atoms with Crippen LogP contribution in [0, 0.1) is 5.41 Å². The summed E-state index contributed by atoms with van der Waals surface area (Å²) in [6.45, 7) is 4.12. The van der Waals surface area contributed by atoms with Gasteiger partial charge in [0.1, 0.15) is 12.3 Å². The standard InChI is InChI=1S/C28H29Cl2N5O2.C2HF3O2/c29-21-11-12-26(23(30)19-21)37-18-6-13-34-24-9-4-5-10-25(24)35(28(34)31)20-27(36)33-16-14-32(15-17-33)22-7-2-1-3-8-22;3-2(4,5)1(6)7/h1-5,7-12,19,31H,6,13-18,20H2;(H,6,7). The Morgan fingerprint density at radius 2 is 1.48 bits per heavy atom. The summed E-state index contributed by atoms with van der Waals surface area (Å²) >= 11 is 12.2. The van der Waals surface area contributed by atoms with Crippen LogP contribution in [0.2, 0.25) is 10.0 Å². The van der Waals surface area contributed by atoms with Gasteiger partial charge in [-0.3, -0.25) is 10.2 Å². The number of aliphatic carboxylic acids is 1. The lowest BCUT2D eigenvalue weighted by atomic mass is 10.2. The molecule has 1 aromatic heterocycles. The van der Waals surface area contributed by atoms with E-state index in [1.54, 1.807) is 22.8 Å². The van der Waals surface area contributed by atoms with Gasteiger partial charge in [-0.25, -0.2) is 4.79 Å². The third-order valence-corrected chi connectivity index (χ3v) is 7.47. The number of halogens is 5. The summed E-state index contributed by atoms with van der Waals surface area (Å²) in [5.41, 5.74) is 3.30. The highest BCUT2D eigenvalue weighted by molar-refractivity contribution is 6.35. The highest BCUT2D eigenvalue weighted by atomic mass is 35.5. The Bertz CT molecular complexity index is 1650. The van der Waals surface area contributed by atoms with Crippen LogP contribution in [0.25, 0.3) is 11.0 Å². The second-order valence-corrected chi connectivity index (χ2v) is 10.7. The van der Waals surface area contributed by atoms with Gasteiger partial charge in [0.05, 0.1) is 22.7 Å². The number of imidazole rings is 1. The first kappa shape index (κ1) is 32.7. The van der Waals surface area contributed by atoms with Crippen LogP contribution in [0.3, 0.4) is 0 Å². The SMILES string of the molecule is N=c1n(CCCOc2ccc(Cl)cc2Cl)c2ccccc2n1CC(=O)N1CCN(c2ccccc2)CC1.O=C(O)C(F)(F)F. The minimum atomic E-state index is -5.08. The van der Waals surface area contributed by atoms with E-state index in [4.69, 9.17) is 43.2 Å². The van der Waals surface area contributed by atoms with Crippen molar-refractivity contribution in [3.05, 3.63) is 88.5 Å². The molecule has 0 spiro atoms. The topological polar surface area (TPSA) is 104 Å². The first-order chi connectivity index (χ1) is 21.0. The van der Waals surface area contributed by atoms with Gasteiger partial charge in [0.2, 0.25) is 11.5 Å². The molecule has 2 heterocycles. The van der Waals surface area contributed by atoms with Gasteiger partial charge in [0.15, 0.2) is 0 Å². The normalized spacial score (nSPS) is 13.4. The van der Waals surface area contributed by atoms with Gasteiger partial charge >= 0.3 is 12.1 Å². The van der Waals surface area contributed by atoms with E-state index in [1.807, 2.05) is 51.9 Å². The zero-order valence-electron chi connectivity index (χ0n) is 23.4. The molecular weight excluding hydrogens is 622 g/mol. The van der Waals surface area contributed by atoms with E-state index >= 15 is 0 Å². The molecule has 1 saturated heterocycles. The molecule has 234 valence electrons. The Morgan fingerprint density at radius 3 is 2.07 bits per heavy atom. The number of carboxylic acid groups (broad SMARTS) is 1. The van der Waals surface area contributed by atoms with E-state index in [-0.39, 0.29) is 12.5 Å². The van der Waals surface area contributed by atoms with Gasteiger partial charge in [-0.15, -0.1) is 0 Å². The first-order valence-corrected chi connectivity index (χ1v) is 14.4. The van der Waals surface area contributed by atoms with E-state index in [0.29, 0.717) is 54.1 Å². The Morgan fingerprint density at radius 1 is 0.886 bits per heavy atom. The van der Waals surface area contributed by atoms with E-state index in [0.717, 1.165) is 24.1 Å². The quantitative estimate of drug-likeness (QED) is 0.239. The second kappa shape index (κ2) is 14.5. The van der Waals surface area contributed by atoms with Crippen molar-refractivity contribution in [1.82, 2.24) is 14.0 Å². The van der Waals surface area contributed by atoms with Gasteiger partial charge in [-0.1, -0.05) is 53.5 Å². The minimum Gasteiger partial charge on any atom is -0.492 e. The number of ether oxygens (including phenoxy) is 1. The molecule has 1 aliphatic heterocycles. The maximum atomic E-state index is 13.2. The number of fused-ring (bicyclic) bond motifs is 1. The largest absolute Gasteiger partial charge is 0.492 e. The van der Waals surface area contributed by atoms with Gasteiger partial charge < -0.3 is 28.8 Å². The summed E-state index contributed by atoms with van der Waals surface area (Å²) in [6.07, 6.45) is -4.40. The number of anilines is 1. The number of piperazine rings is 1. The van der Waals surface area contributed by atoms with Crippen molar-refractivity contribution in [2.24, 2.45) is 0 Å². The molecule has 0 aliphatic carbocycles. The maximum Gasteiger partial charge on any atom is 0.490 e. The molecule has 0 unspecified atom stereocenters. The van der Waals surface area contributed by atoms with Crippen molar-refractivity contribution in [2.75, 3.05) is 37.7 Å². The number of hydrogen-bond acceptors (Lipinski definition) is 5. The smallest absolute Gasteiger partial charge is 0.490 e. The number of hydrogen-bond donors (Lipinski definition) is 2. The number of carboxylic acids is 1. The Labute approximate surface area is 261 Å². The molecule has 44 heavy (non-hydrogen) atoms. The van der Waals surface area contributed by atoms with Crippen LogP contribution >= 0.6 is 23.2 Å². The number of para-hydroxylation sites is 3. The molecule has 0 atom stereocenters. The maximum absolute atomic E-state index is 13.2. The fourth-order valence-electron chi connectivity index (χ4n) is 4.77. The van der Waals surface area contributed by atoms with Gasteiger partial charge in [-0.2, -0.15) is 13.2 Å². The average molecular weight is 653 g/mol. The fraction of sp³-hybridized carbons (Fsp3) is 0.300. The summed E-state index contributed by atoms with van der Waals surface area (Å²) in [7, 11) is 0. The molecule has 0 saturated carbocycles. The molecule has 0 bridgehead atoms. The van der Waals surface area contributed by atoms with Crippen molar-refractivity contribution in [1.29, 1.82) is 5.41 Å². The lowest BCUT2D eigenvalue weighted by molar-refractivity contribution is -0.192. The van der Waals surface area contributed by atoms with E-state index in [9.17, 15) is 18.0 Å². The van der Waals surface area contributed by atoms with Crippen molar-refractivity contribution in [3.8, 4) is 5.75 Å². The number of nitrogens with one attached hydrogen (secondary N) is 1. The molecule has 1 aliphatic rings. The highest BCUT2D eigenvalue weighted by Crippen LogP contribution is 2.27.